The number of carbonyl (C=O) groups excluding carboxylic acids is 1. The van der Waals surface area contributed by atoms with Crippen molar-refractivity contribution in [1.82, 2.24) is 14.7 Å². The van der Waals surface area contributed by atoms with E-state index in [-0.39, 0.29) is 11.3 Å². The summed E-state index contributed by atoms with van der Waals surface area (Å²) in [5, 5.41) is 4.83. The quantitative estimate of drug-likeness (QED) is 0.733. The lowest BCUT2D eigenvalue weighted by molar-refractivity contribution is -0.127. The number of thioether (sulfide) groups is 2. The first kappa shape index (κ1) is 17.4. The van der Waals surface area contributed by atoms with E-state index in [1.165, 1.54) is 5.56 Å². The molecular weight excluding hydrogens is 338 g/mol. The average molecular weight is 362 g/mol. The van der Waals surface area contributed by atoms with Crippen LogP contribution in [-0.4, -0.2) is 44.4 Å². The highest BCUT2D eigenvalue weighted by Gasteiger charge is 2.35. The van der Waals surface area contributed by atoms with E-state index in [1.807, 2.05) is 46.5 Å². The predicted molar refractivity (Wildman–Crippen MR) is 103 cm³/mol. The zero-order valence-corrected chi connectivity index (χ0v) is 16.0. The summed E-state index contributed by atoms with van der Waals surface area (Å²) in [4.78, 5) is 14.3. The smallest absolute Gasteiger partial charge is 0.233 e. The summed E-state index contributed by atoms with van der Waals surface area (Å²) in [6.45, 7) is 7.11. The average Bonchev–Trinajstić information content (AvgIpc) is 3.08. The van der Waals surface area contributed by atoms with E-state index in [9.17, 15) is 4.79 Å². The van der Waals surface area contributed by atoms with Gasteiger partial charge in [-0.25, -0.2) is 4.68 Å². The van der Waals surface area contributed by atoms with E-state index in [0.29, 0.717) is 5.75 Å². The van der Waals surface area contributed by atoms with Gasteiger partial charge in [0.05, 0.1) is 17.1 Å². The number of hydrogen-bond acceptors (Lipinski definition) is 4. The Labute approximate surface area is 152 Å². The van der Waals surface area contributed by atoms with Gasteiger partial charge in [-0.05, 0) is 31.7 Å². The number of para-hydroxylation sites is 1. The lowest BCUT2D eigenvalue weighted by Crippen LogP contribution is -2.30. The topological polar surface area (TPSA) is 38.1 Å². The van der Waals surface area contributed by atoms with Gasteiger partial charge >= 0.3 is 0 Å². The molecule has 0 radical (unpaired) electrons. The van der Waals surface area contributed by atoms with Gasteiger partial charge in [-0.2, -0.15) is 16.9 Å². The molecule has 1 aromatic heterocycles. The molecule has 128 valence electrons. The number of aryl methyl sites for hydroxylation is 1. The van der Waals surface area contributed by atoms with Crippen molar-refractivity contribution in [3.63, 3.8) is 0 Å². The number of rotatable bonds is 6. The molecule has 1 fully saturated rings. The van der Waals surface area contributed by atoms with Crippen LogP contribution in [0.5, 0.6) is 0 Å². The Kier molecular flexibility index (Phi) is 5.56. The zero-order chi connectivity index (χ0) is 17.1. The highest BCUT2D eigenvalue weighted by Crippen LogP contribution is 2.41. The molecular formula is C18H23N3OS2. The van der Waals surface area contributed by atoms with Crippen LogP contribution in [0.4, 0.5) is 0 Å². The minimum Gasteiger partial charge on any atom is -0.325 e. The van der Waals surface area contributed by atoms with Gasteiger partial charge in [-0.1, -0.05) is 25.1 Å². The third kappa shape index (κ3) is 3.35. The van der Waals surface area contributed by atoms with Gasteiger partial charge in [0.15, 0.2) is 0 Å². The van der Waals surface area contributed by atoms with Gasteiger partial charge in [-0.3, -0.25) is 4.79 Å². The monoisotopic (exact) mass is 361 g/mol. The summed E-state index contributed by atoms with van der Waals surface area (Å²) >= 11 is 3.60. The molecule has 2 heterocycles. The molecule has 1 aliphatic rings. The fourth-order valence-electron chi connectivity index (χ4n) is 3.07. The molecule has 1 unspecified atom stereocenters. The van der Waals surface area contributed by atoms with E-state index in [2.05, 4.69) is 26.0 Å². The van der Waals surface area contributed by atoms with Gasteiger partial charge in [0.2, 0.25) is 5.91 Å². The Balaban J connectivity index is 1.91. The molecule has 1 saturated heterocycles. The van der Waals surface area contributed by atoms with Crippen LogP contribution >= 0.6 is 23.5 Å². The van der Waals surface area contributed by atoms with Crippen LogP contribution in [0.25, 0.3) is 5.69 Å². The summed E-state index contributed by atoms with van der Waals surface area (Å²) < 4.78 is 1.99. The molecule has 0 aliphatic carbocycles. The zero-order valence-electron chi connectivity index (χ0n) is 14.4. The van der Waals surface area contributed by atoms with E-state index >= 15 is 0 Å². The summed E-state index contributed by atoms with van der Waals surface area (Å²) in [5.74, 6) is 2.89. The second-order valence-electron chi connectivity index (χ2n) is 5.78. The number of hydrogen-bond donors (Lipinski definition) is 0. The molecule has 1 aromatic carbocycles. The maximum Gasteiger partial charge on any atom is 0.233 e. The van der Waals surface area contributed by atoms with Gasteiger partial charge < -0.3 is 4.90 Å². The predicted octanol–water partition coefficient (Wildman–Crippen LogP) is 3.82. The van der Waals surface area contributed by atoms with Crippen LogP contribution in [0.1, 0.15) is 29.2 Å². The Morgan fingerprint density at radius 2 is 2.04 bits per heavy atom. The Bertz CT molecular complexity index is 715. The molecule has 1 atom stereocenters. The van der Waals surface area contributed by atoms with E-state index < -0.39 is 0 Å². The van der Waals surface area contributed by atoms with Crippen molar-refractivity contribution in [2.45, 2.75) is 26.1 Å². The van der Waals surface area contributed by atoms with Crippen molar-refractivity contribution >= 4 is 29.4 Å². The Hall–Kier alpha value is -1.40. The van der Waals surface area contributed by atoms with Crippen LogP contribution in [0.15, 0.2) is 30.3 Å². The third-order valence-electron chi connectivity index (χ3n) is 4.24. The minimum atomic E-state index is 0.0902. The molecule has 3 rings (SSSR count). The van der Waals surface area contributed by atoms with Gasteiger partial charge in [0.25, 0.3) is 0 Å². The third-order valence-corrected chi connectivity index (χ3v) is 6.34. The molecule has 2 aromatic rings. The second-order valence-corrected chi connectivity index (χ2v) is 8.24. The lowest BCUT2D eigenvalue weighted by Gasteiger charge is -2.24. The van der Waals surface area contributed by atoms with E-state index in [4.69, 9.17) is 5.10 Å². The normalized spacial score (nSPS) is 17.7. The minimum absolute atomic E-state index is 0.0902. The van der Waals surface area contributed by atoms with Crippen LogP contribution in [0, 0.1) is 13.8 Å². The molecule has 1 aliphatic heterocycles. The molecule has 1 amide bonds. The maximum absolute atomic E-state index is 12.3. The molecule has 0 saturated carbocycles. The van der Waals surface area contributed by atoms with Crippen molar-refractivity contribution in [1.29, 1.82) is 0 Å². The van der Waals surface area contributed by atoms with Crippen LogP contribution in [-0.2, 0) is 4.79 Å². The van der Waals surface area contributed by atoms with Crippen LogP contribution < -0.4 is 0 Å². The first-order chi connectivity index (χ1) is 11.6. The Morgan fingerprint density at radius 1 is 1.29 bits per heavy atom. The molecule has 24 heavy (non-hydrogen) atoms. The summed E-state index contributed by atoms with van der Waals surface area (Å²) in [6.07, 6.45) is 0. The molecule has 4 nitrogen and oxygen atoms in total. The lowest BCUT2D eigenvalue weighted by atomic mass is 10.1. The fourth-order valence-corrected chi connectivity index (χ4v) is 5.07. The Morgan fingerprint density at radius 3 is 2.75 bits per heavy atom. The van der Waals surface area contributed by atoms with Gasteiger partial charge in [-0.15, -0.1) is 11.8 Å². The van der Waals surface area contributed by atoms with Crippen molar-refractivity contribution in [3.8, 4) is 5.69 Å². The maximum atomic E-state index is 12.3. The highest BCUT2D eigenvalue weighted by molar-refractivity contribution is 8.00. The molecule has 0 spiro atoms. The summed E-state index contributed by atoms with van der Waals surface area (Å²) in [5.41, 5.74) is 4.39. The van der Waals surface area contributed by atoms with Crippen molar-refractivity contribution in [2.75, 3.05) is 23.8 Å². The first-order valence-electron chi connectivity index (χ1n) is 8.23. The molecule has 6 heteroatoms. The van der Waals surface area contributed by atoms with E-state index in [1.54, 1.807) is 11.8 Å². The number of aromatic nitrogens is 2. The number of nitrogens with zero attached hydrogens (tertiary/aromatic N) is 3. The fraction of sp³-hybridized carbons (Fsp3) is 0.444. The highest BCUT2D eigenvalue weighted by atomic mass is 32.2. The van der Waals surface area contributed by atoms with Crippen LogP contribution in [0.3, 0.4) is 0 Å². The molecule has 0 bridgehead atoms. The number of carbonyl (C=O) groups is 1. The summed E-state index contributed by atoms with van der Waals surface area (Å²) in [7, 11) is 0. The number of benzene rings is 1. The first-order valence-corrected chi connectivity index (χ1v) is 10.4. The van der Waals surface area contributed by atoms with Crippen molar-refractivity contribution < 1.29 is 4.79 Å². The largest absolute Gasteiger partial charge is 0.325 e. The van der Waals surface area contributed by atoms with Crippen molar-refractivity contribution in [3.05, 3.63) is 47.3 Å². The number of amides is 1. The van der Waals surface area contributed by atoms with Crippen molar-refractivity contribution in [2.24, 2.45) is 0 Å². The summed E-state index contributed by atoms with van der Waals surface area (Å²) in [6, 6.07) is 10.2. The van der Waals surface area contributed by atoms with Gasteiger partial charge in [0.1, 0.15) is 5.37 Å². The standard InChI is InChI=1S/C18H23N3OS2/c1-4-23-11-10-20-16(22)12-24-18(20)17-13(2)19-21(14(17)3)15-8-6-5-7-9-15/h5-9,18H,4,10-12H2,1-3H3. The molecule has 0 N–H and O–H groups in total. The second kappa shape index (κ2) is 7.66. The SMILES string of the molecule is CCSCCN1C(=O)CSC1c1c(C)nn(-c2ccccc2)c1C. The van der Waals surface area contributed by atoms with Gasteiger partial charge in [0, 0.05) is 23.6 Å². The van der Waals surface area contributed by atoms with Crippen LogP contribution in [0.2, 0.25) is 0 Å². The van der Waals surface area contributed by atoms with E-state index in [0.717, 1.165) is 35.1 Å².